The summed E-state index contributed by atoms with van der Waals surface area (Å²) in [4.78, 5) is 23.7. The second-order valence-electron chi connectivity index (χ2n) is 4.91. The summed E-state index contributed by atoms with van der Waals surface area (Å²) in [6, 6.07) is 5.93. The quantitative estimate of drug-likeness (QED) is 0.609. The summed E-state index contributed by atoms with van der Waals surface area (Å²) >= 11 is 0. The van der Waals surface area contributed by atoms with Crippen molar-refractivity contribution in [2.24, 2.45) is 0 Å². The predicted molar refractivity (Wildman–Crippen MR) is 71.4 cm³/mol. The van der Waals surface area contributed by atoms with Gasteiger partial charge in [0.2, 0.25) is 0 Å². The molecular weight excluding hydrogens is 315 g/mol. The Kier molecular flexibility index (Phi) is 3.78. The predicted octanol–water partition coefficient (Wildman–Crippen LogP) is 1.55. The Morgan fingerprint density at radius 2 is 1.64 bits per heavy atom. The van der Waals surface area contributed by atoms with Gasteiger partial charge in [0.1, 0.15) is 19.8 Å². The minimum absolute atomic E-state index is 0.0628. The lowest BCUT2D eigenvalue weighted by atomic mass is 10.1. The minimum atomic E-state index is -3.46. The van der Waals surface area contributed by atoms with Gasteiger partial charge in [-0.3, -0.25) is 13.6 Å². The maximum Gasteiger partial charge on any atom is 0.475 e. The molecule has 0 amide bonds. The molecule has 1 aromatic rings. The van der Waals surface area contributed by atoms with Gasteiger partial charge in [0, 0.05) is 0 Å². The van der Waals surface area contributed by atoms with Gasteiger partial charge in [-0.25, -0.2) is 14.2 Å². The standard InChI is InChI=1S/C13H13O8P/c1-17-11(14)9-3-2-4-10(5-9)12(15)21-13-6-18-22(16,19-7-13)20-8-13/h2-5H,6-8H2,1H3. The zero-order valence-corrected chi connectivity index (χ0v) is 12.5. The third-order valence-corrected chi connectivity index (χ3v) is 4.62. The first-order valence-electron chi connectivity index (χ1n) is 6.41. The highest BCUT2D eigenvalue weighted by Crippen LogP contribution is 2.58. The minimum Gasteiger partial charge on any atom is -0.465 e. The first kappa shape index (κ1) is 15.2. The number of phosphoric acid groups is 1. The number of hydrogen-bond acceptors (Lipinski definition) is 8. The lowest BCUT2D eigenvalue weighted by molar-refractivity contribution is -0.156. The molecule has 1 aromatic carbocycles. The second kappa shape index (κ2) is 5.48. The first-order chi connectivity index (χ1) is 10.5. The molecule has 0 aliphatic carbocycles. The smallest absolute Gasteiger partial charge is 0.465 e. The van der Waals surface area contributed by atoms with Crippen LogP contribution in [0, 0.1) is 0 Å². The average molecular weight is 328 g/mol. The number of esters is 2. The molecule has 0 saturated carbocycles. The lowest BCUT2D eigenvalue weighted by Gasteiger charge is -2.43. The van der Waals surface area contributed by atoms with Crippen LogP contribution in [0.25, 0.3) is 0 Å². The van der Waals surface area contributed by atoms with Crippen molar-refractivity contribution >= 4 is 19.8 Å². The van der Waals surface area contributed by atoms with E-state index >= 15 is 0 Å². The van der Waals surface area contributed by atoms with Gasteiger partial charge in [0.25, 0.3) is 0 Å². The fourth-order valence-electron chi connectivity index (χ4n) is 2.06. The highest BCUT2D eigenvalue weighted by molar-refractivity contribution is 7.48. The Balaban J connectivity index is 1.75. The van der Waals surface area contributed by atoms with Gasteiger partial charge in [-0.1, -0.05) is 6.07 Å². The van der Waals surface area contributed by atoms with Crippen molar-refractivity contribution in [3.05, 3.63) is 35.4 Å². The van der Waals surface area contributed by atoms with Crippen LogP contribution < -0.4 is 0 Å². The van der Waals surface area contributed by atoms with Gasteiger partial charge in [0.05, 0.1) is 18.2 Å². The number of fused-ring (bicyclic) bond motifs is 3. The molecule has 9 heteroatoms. The fourth-order valence-corrected chi connectivity index (χ4v) is 3.47. The summed E-state index contributed by atoms with van der Waals surface area (Å²) in [7, 11) is -2.21. The van der Waals surface area contributed by atoms with Crippen LogP contribution in [0.3, 0.4) is 0 Å². The molecule has 3 saturated heterocycles. The van der Waals surface area contributed by atoms with Crippen LogP contribution in [0.2, 0.25) is 0 Å². The first-order valence-corrected chi connectivity index (χ1v) is 7.87. The van der Waals surface area contributed by atoms with E-state index in [-0.39, 0.29) is 30.9 Å². The van der Waals surface area contributed by atoms with Crippen molar-refractivity contribution in [2.75, 3.05) is 26.9 Å². The second-order valence-corrected chi connectivity index (χ2v) is 6.58. The molecule has 0 aromatic heterocycles. The van der Waals surface area contributed by atoms with E-state index in [1.165, 1.54) is 25.3 Å². The Labute approximate surface area is 125 Å². The molecule has 3 heterocycles. The summed E-state index contributed by atoms with van der Waals surface area (Å²) < 4.78 is 36.4. The zero-order valence-electron chi connectivity index (χ0n) is 11.6. The number of ether oxygens (including phenoxy) is 2. The van der Waals surface area contributed by atoms with Gasteiger partial charge in [-0.15, -0.1) is 0 Å². The molecule has 0 atom stereocenters. The van der Waals surface area contributed by atoms with Gasteiger partial charge >= 0.3 is 19.8 Å². The number of benzene rings is 1. The molecule has 8 nitrogen and oxygen atoms in total. The zero-order chi connectivity index (χ0) is 15.8. The highest BCUT2D eigenvalue weighted by Gasteiger charge is 2.53. The van der Waals surface area contributed by atoms with Crippen molar-refractivity contribution in [1.29, 1.82) is 0 Å². The molecule has 0 spiro atoms. The monoisotopic (exact) mass is 328 g/mol. The van der Waals surface area contributed by atoms with Crippen LogP contribution in [0.5, 0.6) is 0 Å². The number of hydrogen-bond donors (Lipinski definition) is 0. The summed E-state index contributed by atoms with van der Waals surface area (Å²) in [5.41, 5.74) is -0.726. The highest BCUT2D eigenvalue weighted by atomic mass is 31.2. The molecule has 22 heavy (non-hydrogen) atoms. The van der Waals surface area contributed by atoms with E-state index in [1.807, 2.05) is 0 Å². The van der Waals surface area contributed by atoms with Gasteiger partial charge in [-0.2, -0.15) is 0 Å². The third-order valence-electron chi connectivity index (χ3n) is 3.29. The van der Waals surface area contributed by atoms with E-state index in [2.05, 4.69) is 4.74 Å². The van der Waals surface area contributed by atoms with Gasteiger partial charge in [-0.05, 0) is 18.2 Å². The maximum atomic E-state index is 12.2. The number of methoxy groups -OCH3 is 1. The molecule has 0 unspecified atom stereocenters. The van der Waals surface area contributed by atoms with E-state index in [0.29, 0.717) is 0 Å². The molecule has 2 bridgehead atoms. The van der Waals surface area contributed by atoms with E-state index in [0.717, 1.165) is 0 Å². The van der Waals surface area contributed by atoms with E-state index in [4.69, 9.17) is 18.3 Å². The molecule has 0 N–H and O–H groups in total. The topological polar surface area (TPSA) is 97.4 Å². The fraction of sp³-hybridized carbons (Fsp3) is 0.385. The summed E-state index contributed by atoms with van der Waals surface area (Å²) in [6.07, 6.45) is 0. The summed E-state index contributed by atoms with van der Waals surface area (Å²) in [5, 5.41) is 0. The van der Waals surface area contributed by atoms with E-state index in [9.17, 15) is 14.2 Å². The van der Waals surface area contributed by atoms with Crippen LogP contribution in [0.15, 0.2) is 24.3 Å². The van der Waals surface area contributed by atoms with Crippen LogP contribution in [0.4, 0.5) is 0 Å². The van der Waals surface area contributed by atoms with Crippen LogP contribution >= 0.6 is 7.82 Å². The van der Waals surface area contributed by atoms with Crippen molar-refractivity contribution in [1.82, 2.24) is 0 Å². The number of rotatable bonds is 3. The largest absolute Gasteiger partial charge is 0.475 e. The van der Waals surface area contributed by atoms with Gasteiger partial charge < -0.3 is 9.47 Å². The Bertz CT molecular complexity index is 638. The molecule has 118 valence electrons. The molecule has 0 radical (unpaired) electrons. The molecule has 3 aliphatic heterocycles. The van der Waals surface area contributed by atoms with Crippen LogP contribution in [-0.4, -0.2) is 44.5 Å². The Morgan fingerprint density at radius 1 is 1.09 bits per heavy atom. The molecule has 3 aliphatic rings. The average Bonchev–Trinajstić information content (AvgIpc) is 2.56. The van der Waals surface area contributed by atoms with E-state index < -0.39 is 25.4 Å². The van der Waals surface area contributed by atoms with Crippen molar-refractivity contribution in [3.8, 4) is 0 Å². The Morgan fingerprint density at radius 3 is 2.18 bits per heavy atom. The number of carbonyl (C=O) groups excluding carboxylic acids is 2. The maximum absolute atomic E-state index is 12.2. The third kappa shape index (κ3) is 2.78. The normalized spacial score (nSPS) is 29.9. The Hall–Kier alpha value is -1.73. The van der Waals surface area contributed by atoms with Crippen molar-refractivity contribution < 1.29 is 37.2 Å². The number of phosphoric ester groups is 1. The van der Waals surface area contributed by atoms with E-state index in [1.54, 1.807) is 6.07 Å². The van der Waals surface area contributed by atoms with Crippen molar-refractivity contribution in [3.63, 3.8) is 0 Å². The van der Waals surface area contributed by atoms with Crippen LogP contribution in [0.1, 0.15) is 20.7 Å². The van der Waals surface area contributed by atoms with Crippen LogP contribution in [-0.2, 0) is 27.6 Å². The number of carbonyl (C=O) groups is 2. The molecule has 4 rings (SSSR count). The van der Waals surface area contributed by atoms with Crippen molar-refractivity contribution in [2.45, 2.75) is 5.60 Å². The summed E-state index contributed by atoms with van der Waals surface area (Å²) in [6.45, 7) is -0.188. The van der Waals surface area contributed by atoms with Gasteiger partial charge in [0.15, 0.2) is 5.60 Å². The summed E-state index contributed by atoms with van der Waals surface area (Å²) in [5.74, 6) is -1.22. The molecular formula is C13H13O8P. The molecule has 3 fully saturated rings. The SMILES string of the molecule is COC(=O)c1cccc(C(=O)OC23COP(=O)(OC2)OC3)c1. The lowest BCUT2D eigenvalue weighted by Crippen LogP contribution is -2.53.